The molecule has 3 aromatic rings. The zero-order chi connectivity index (χ0) is 24.9. The van der Waals surface area contributed by atoms with Gasteiger partial charge in [0.25, 0.3) is 5.91 Å². The summed E-state index contributed by atoms with van der Waals surface area (Å²) in [5.41, 5.74) is 2.31. The lowest BCUT2D eigenvalue weighted by atomic mass is 10.2. The van der Waals surface area contributed by atoms with Crippen LogP contribution in [-0.2, 0) is 16.6 Å². The van der Waals surface area contributed by atoms with Gasteiger partial charge in [-0.2, -0.15) is 9.30 Å². The van der Waals surface area contributed by atoms with Gasteiger partial charge in [-0.05, 0) is 49.2 Å². The maximum atomic E-state index is 13.0. The van der Waals surface area contributed by atoms with Crippen LogP contribution in [0.1, 0.15) is 29.3 Å². The van der Waals surface area contributed by atoms with E-state index in [1.165, 1.54) is 52.1 Å². The van der Waals surface area contributed by atoms with Crippen LogP contribution in [0.25, 0.3) is 10.2 Å². The lowest BCUT2D eigenvalue weighted by Crippen LogP contribution is -2.31. The Labute approximate surface area is 204 Å². The Hall–Kier alpha value is -3.01. The summed E-state index contributed by atoms with van der Waals surface area (Å²) in [6.45, 7) is 12.3. The molecule has 0 unspecified atom stereocenters. The van der Waals surface area contributed by atoms with Crippen molar-refractivity contribution in [1.29, 1.82) is 0 Å². The number of carbonyl (C=O) groups is 1. The second kappa shape index (κ2) is 10.9. The molecule has 1 amide bonds. The fraction of sp³-hybridized carbons (Fsp3) is 0.280. The van der Waals surface area contributed by atoms with Crippen LogP contribution in [0.4, 0.5) is 0 Å². The predicted molar refractivity (Wildman–Crippen MR) is 137 cm³/mol. The van der Waals surface area contributed by atoms with Gasteiger partial charge in [-0.25, -0.2) is 8.42 Å². The minimum absolute atomic E-state index is 0.0935. The number of hydrogen-bond acceptors (Lipinski definition) is 5. The van der Waals surface area contributed by atoms with E-state index in [2.05, 4.69) is 25.1 Å². The van der Waals surface area contributed by atoms with E-state index in [0.29, 0.717) is 16.9 Å². The number of carbonyl (C=O) groups excluding carboxylic acids is 1. The number of amides is 1. The maximum Gasteiger partial charge on any atom is 0.279 e. The number of nitrogens with zero attached hydrogens (tertiary/aromatic N) is 3. The molecular formula is C25H29N3O4S2. The van der Waals surface area contributed by atoms with E-state index in [0.717, 1.165) is 28.0 Å². The quantitative estimate of drug-likeness (QED) is 0.384. The standard InChI is InChI=1S/C25H29N3O4S2/c1-6-15-27(16-7-2)34(30,31)20-12-10-19(11-13-20)24(29)26-25-28(17-8-3)22-21(32-5)14-9-18(4)23(22)33-25/h6-7,9-14H,1-2,8,15-17H2,3-5H3. The Morgan fingerprint density at radius 1 is 1.15 bits per heavy atom. The molecule has 0 spiro atoms. The predicted octanol–water partition coefficient (Wildman–Crippen LogP) is 4.53. The average molecular weight is 500 g/mol. The lowest BCUT2D eigenvalue weighted by Gasteiger charge is -2.19. The third-order valence-corrected chi connectivity index (χ3v) is 8.31. The van der Waals surface area contributed by atoms with Gasteiger partial charge in [0.15, 0.2) is 4.80 Å². The summed E-state index contributed by atoms with van der Waals surface area (Å²) in [6.07, 6.45) is 3.90. The molecule has 0 N–H and O–H groups in total. The number of aromatic nitrogens is 1. The van der Waals surface area contributed by atoms with Gasteiger partial charge in [0.1, 0.15) is 11.3 Å². The zero-order valence-electron chi connectivity index (χ0n) is 19.7. The van der Waals surface area contributed by atoms with Crippen molar-refractivity contribution in [3.8, 4) is 5.75 Å². The maximum absolute atomic E-state index is 13.0. The number of benzene rings is 2. The molecule has 1 heterocycles. The first-order chi connectivity index (χ1) is 16.3. The highest BCUT2D eigenvalue weighted by Gasteiger charge is 2.23. The fourth-order valence-corrected chi connectivity index (χ4v) is 6.11. The Kier molecular flexibility index (Phi) is 8.24. The number of methoxy groups -OCH3 is 1. The van der Waals surface area contributed by atoms with Crippen LogP contribution in [0.3, 0.4) is 0 Å². The highest BCUT2D eigenvalue weighted by Crippen LogP contribution is 2.30. The Bertz CT molecular complexity index is 1370. The van der Waals surface area contributed by atoms with Crippen LogP contribution in [0.15, 0.2) is 71.6 Å². The minimum atomic E-state index is -3.74. The summed E-state index contributed by atoms with van der Waals surface area (Å²) in [6, 6.07) is 9.74. The van der Waals surface area contributed by atoms with Crippen LogP contribution in [0.5, 0.6) is 5.75 Å². The number of aryl methyl sites for hydroxylation is 2. The highest BCUT2D eigenvalue weighted by molar-refractivity contribution is 7.89. The molecule has 180 valence electrons. The second-order valence-electron chi connectivity index (χ2n) is 7.64. The van der Waals surface area contributed by atoms with E-state index in [4.69, 9.17) is 4.74 Å². The SMILES string of the molecule is C=CCN(CC=C)S(=O)(=O)c1ccc(C(=O)N=c2sc3c(C)ccc(OC)c3n2CCC)cc1. The van der Waals surface area contributed by atoms with Gasteiger partial charge >= 0.3 is 0 Å². The molecule has 0 fully saturated rings. The van der Waals surface area contributed by atoms with Crippen molar-refractivity contribution in [3.05, 3.63) is 77.6 Å². The van der Waals surface area contributed by atoms with E-state index in [1.807, 2.05) is 23.6 Å². The van der Waals surface area contributed by atoms with E-state index >= 15 is 0 Å². The van der Waals surface area contributed by atoms with Crippen molar-refractivity contribution < 1.29 is 17.9 Å². The molecule has 0 aliphatic carbocycles. The molecule has 34 heavy (non-hydrogen) atoms. The van der Waals surface area contributed by atoms with Crippen molar-refractivity contribution >= 4 is 37.5 Å². The first-order valence-corrected chi connectivity index (χ1v) is 13.1. The molecule has 1 aromatic heterocycles. The van der Waals surface area contributed by atoms with Gasteiger partial charge in [-0.15, -0.1) is 13.2 Å². The monoisotopic (exact) mass is 499 g/mol. The first-order valence-electron chi connectivity index (χ1n) is 10.9. The van der Waals surface area contributed by atoms with Crippen LogP contribution in [0, 0.1) is 6.92 Å². The highest BCUT2D eigenvalue weighted by atomic mass is 32.2. The smallest absolute Gasteiger partial charge is 0.279 e. The van der Waals surface area contributed by atoms with Crippen molar-refractivity contribution in [1.82, 2.24) is 8.87 Å². The van der Waals surface area contributed by atoms with Gasteiger partial charge in [0.05, 0.1) is 16.7 Å². The summed E-state index contributed by atoms with van der Waals surface area (Å²) >= 11 is 1.44. The van der Waals surface area contributed by atoms with Crippen molar-refractivity contribution in [2.24, 2.45) is 4.99 Å². The Balaban J connectivity index is 2.02. The van der Waals surface area contributed by atoms with E-state index in [9.17, 15) is 13.2 Å². The van der Waals surface area contributed by atoms with Gasteiger partial charge < -0.3 is 9.30 Å². The lowest BCUT2D eigenvalue weighted by molar-refractivity contribution is 0.0997. The third-order valence-electron chi connectivity index (χ3n) is 5.25. The number of sulfonamides is 1. The topological polar surface area (TPSA) is 81.0 Å². The summed E-state index contributed by atoms with van der Waals surface area (Å²) in [7, 11) is -2.11. The molecule has 7 nitrogen and oxygen atoms in total. The molecule has 3 rings (SSSR count). The third kappa shape index (κ3) is 5.06. The van der Waals surface area contributed by atoms with Crippen LogP contribution in [-0.4, -0.2) is 43.4 Å². The van der Waals surface area contributed by atoms with E-state index < -0.39 is 15.9 Å². The number of fused-ring (bicyclic) bond motifs is 1. The summed E-state index contributed by atoms with van der Waals surface area (Å²) in [5.74, 6) is 0.295. The molecule has 0 aliphatic rings. The van der Waals surface area contributed by atoms with Crippen LogP contribution in [0.2, 0.25) is 0 Å². The molecule has 0 saturated heterocycles. The van der Waals surface area contributed by atoms with Crippen LogP contribution >= 0.6 is 11.3 Å². The Morgan fingerprint density at radius 3 is 2.35 bits per heavy atom. The van der Waals surface area contributed by atoms with Crippen molar-refractivity contribution in [2.75, 3.05) is 20.2 Å². The molecule has 0 radical (unpaired) electrons. The van der Waals surface area contributed by atoms with Gasteiger partial charge in [-0.1, -0.05) is 36.5 Å². The molecule has 0 saturated carbocycles. The second-order valence-corrected chi connectivity index (χ2v) is 10.6. The summed E-state index contributed by atoms with van der Waals surface area (Å²) in [4.78, 5) is 18.1. The zero-order valence-corrected chi connectivity index (χ0v) is 21.3. The molecule has 9 heteroatoms. The van der Waals surface area contributed by atoms with Crippen molar-refractivity contribution in [3.63, 3.8) is 0 Å². The van der Waals surface area contributed by atoms with Gasteiger partial charge in [0, 0.05) is 25.2 Å². The van der Waals surface area contributed by atoms with Crippen molar-refractivity contribution in [2.45, 2.75) is 31.7 Å². The Morgan fingerprint density at radius 2 is 1.79 bits per heavy atom. The number of rotatable bonds is 10. The molecular weight excluding hydrogens is 470 g/mol. The molecule has 0 bridgehead atoms. The summed E-state index contributed by atoms with van der Waals surface area (Å²) < 4.78 is 35.6. The van der Waals surface area contributed by atoms with Gasteiger partial charge in [-0.3, -0.25) is 4.79 Å². The number of hydrogen-bond donors (Lipinski definition) is 0. The van der Waals surface area contributed by atoms with Gasteiger partial charge in [0.2, 0.25) is 10.0 Å². The average Bonchev–Trinajstić information content (AvgIpc) is 3.18. The molecule has 0 atom stereocenters. The van der Waals surface area contributed by atoms with E-state index in [1.54, 1.807) is 7.11 Å². The largest absolute Gasteiger partial charge is 0.495 e. The number of thiazole rings is 1. The summed E-state index contributed by atoms with van der Waals surface area (Å²) in [5, 5.41) is 0. The van der Waals surface area contributed by atoms with E-state index in [-0.39, 0.29) is 18.0 Å². The normalized spacial score (nSPS) is 12.3. The first kappa shape index (κ1) is 25.6. The van der Waals surface area contributed by atoms with Crippen LogP contribution < -0.4 is 9.54 Å². The number of ether oxygens (including phenoxy) is 1. The molecule has 0 aliphatic heterocycles. The molecule has 2 aromatic carbocycles. The fourth-order valence-electron chi connectivity index (χ4n) is 3.59. The minimum Gasteiger partial charge on any atom is -0.495 e.